The molecule has 5 aromatic rings. The van der Waals surface area contributed by atoms with Gasteiger partial charge in [0.15, 0.2) is 5.58 Å². The zero-order valence-electron chi connectivity index (χ0n) is 13.9. The average Bonchev–Trinajstić information content (AvgIpc) is 3.03. The molecule has 0 aliphatic carbocycles. The van der Waals surface area contributed by atoms with Crippen molar-refractivity contribution in [1.29, 1.82) is 0 Å². The lowest BCUT2D eigenvalue weighted by Crippen LogP contribution is -1.92. The van der Waals surface area contributed by atoms with Crippen LogP contribution in [-0.4, -0.2) is 0 Å². The van der Waals surface area contributed by atoms with Crippen LogP contribution in [0.15, 0.2) is 83.3 Å². The van der Waals surface area contributed by atoms with Crippen molar-refractivity contribution >= 4 is 44.1 Å². The van der Waals surface area contributed by atoms with Crippen molar-refractivity contribution in [3.8, 4) is 0 Å². The lowest BCUT2D eigenvalue weighted by molar-refractivity contribution is 0.667. The molecule has 0 spiro atoms. The molecular formula is C23H17NO. The quantitative estimate of drug-likeness (QED) is 0.387. The van der Waals surface area contributed by atoms with E-state index in [1.807, 2.05) is 18.2 Å². The van der Waals surface area contributed by atoms with Crippen molar-refractivity contribution in [1.82, 2.24) is 0 Å². The third-order valence-corrected chi connectivity index (χ3v) is 4.75. The van der Waals surface area contributed by atoms with E-state index in [4.69, 9.17) is 4.42 Å². The van der Waals surface area contributed by atoms with E-state index in [2.05, 4.69) is 72.9 Å². The Labute approximate surface area is 145 Å². The summed E-state index contributed by atoms with van der Waals surface area (Å²) in [7, 11) is 0. The van der Waals surface area contributed by atoms with E-state index in [1.54, 1.807) is 0 Å². The van der Waals surface area contributed by atoms with Crippen molar-refractivity contribution in [3.63, 3.8) is 0 Å². The van der Waals surface area contributed by atoms with Crippen LogP contribution in [0.1, 0.15) is 5.56 Å². The number of hydrogen-bond donors (Lipinski definition) is 1. The van der Waals surface area contributed by atoms with E-state index in [0.29, 0.717) is 0 Å². The summed E-state index contributed by atoms with van der Waals surface area (Å²) in [5.41, 5.74) is 5.10. The first-order valence-corrected chi connectivity index (χ1v) is 8.47. The zero-order chi connectivity index (χ0) is 16.8. The van der Waals surface area contributed by atoms with Crippen LogP contribution in [0, 0.1) is 6.92 Å². The standard InChI is InChI=1S/C23H17NO/c1-15-8-7-13-19-20-14-16-9-5-6-12-18(16)21(23(20)25-22(15)19)24-17-10-3-2-4-11-17/h2-14,24H,1H3. The molecule has 0 bridgehead atoms. The highest BCUT2D eigenvalue weighted by Crippen LogP contribution is 2.40. The van der Waals surface area contributed by atoms with Crippen LogP contribution < -0.4 is 5.32 Å². The maximum absolute atomic E-state index is 6.33. The number of hydrogen-bond acceptors (Lipinski definition) is 2. The van der Waals surface area contributed by atoms with Crippen LogP contribution in [0.4, 0.5) is 11.4 Å². The van der Waals surface area contributed by atoms with Crippen molar-refractivity contribution in [3.05, 3.63) is 84.4 Å². The minimum atomic E-state index is 0.909. The second-order valence-corrected chi connectivity index (χ2v) is 6.39. The average molecular weight is 323 g/mol. The minimum absolute atomic E-state index is 0.909. The van der Waals surface area contributed by atoms with Gasteiger partial charge in [0.1, 0.15) is 5.58 Å². The molecule has 1 aromatic heterocycles. The van der Waals surface area contributed by atoms with E-state index < -0.39 is 0 Å². The molecule has 0 fully saturated rings. The van der Waals surface area contributed by atoms with E-state index in [-0.39, 0.29) is 0 Å². The molecule has 1 N–H and O–H groups in total. The molecule has 5 rings (SSSR count). The van der Waals surface area contributed by atoms with Gasteiger partial charge in [-0.3, -0.25) is 0 Å². The van der Waals surface area contributed by atoms with Gasteiger partial charge in [-0.05, 0) is 36.1 Å². The van der Waals surface area contributed by atoms with Gasteiger partial charge in [0.05, 0.1) is 5.69 Å². The van der Waals surface area contributed by atoms with Crippen molar-refractivity contribution in [2.45, 2.75) is 6.92 Å². The first-order valence-electron chi connectivity index (χ1n) is 8.47. The molecule has 0 saturated heterocycles. The second-order valence-electron chi connectivity index (χ2n) is 6.39. The summed E-state index contributed by atoms with van der Waals surface area (Å²) in [5, 5.41) is 8.26. The van der Waals surface area contributed by atoms with Crippen molar-refractivity contribution in [2.24, 2.45) is 0 Å². The predicted molar refractivity (Wildman–Crippen MR) is 106 cm³/mol. The molecule has 2 nitrogen and oxygen atoms in total. The number of nitrogens with one attached hydrogen (secondary N) is 1. The summed E-state index contributed by atoms with van der Waals surface area (Å²) in [5.74, 6) is 0. The fraction of sp³-hybridized carbons (Fsp3) is 0.0435. The van der Waals surface area contributed by atoms with Gasteiger partial charge < -0.3 is 9.73 Å². The number of para-hydroxylation sites is 2. The van der Waals surface area contributed by atoms with Gasteiger partial charge in [-0.15, -0.1) is 0 Å². The van der Waals surface area contributed by atoms with Gasteiger partial charge >= 0.3 is 0 Å². The van der Waals surface area contributed by atoms with Crippen LogP contribution in [0.5, 0.6) is 0 Å². The largest absolute Gasteiger partial charge is 0.454 e. The Hall–Kier alpha value is -3.26. The normalized spacial score (nSPS) is 11.4. The molecule has 0 amide bonds. The molecule has 0 radical (unpaired) electrons. The number of anilines is 2. The fourth-order valence-electron chi connectivity index (χ4n) is 3.53. The lowest BCUT2D eigenvalue weighted by Gasteiger charge is -2.11. The smallest absolute Gasteiger partial charge is 0.159 e. The highest BCUT2D eigenvalue weighted by Gasteiger charge is 2.15. The van der Waals surface area contributed by atoms with Gasteiger partial charge in [0.25, 0.3) is 0 Å². The van der Waals surface area contributed by atoms with Crippen molar-refractivity contribution in [2.75, 3.05) is 5.32 Å². The SMILES string of the molecule is Cc1cccc2c1oc1c(Nc3ccccc3)c3ccccc3cc12. The van der Waals surface area contributed by atoms with Crippen LogP contribution >= 0.6 is 0 Å². The van der Waals surface area contributed by atoms with Crippen LogP contribution in [0.25, 0.3) is 32.7 Å². The Morgan fingerprint density at radius 2 is 1.44 bits per heavy atom. The van der Waals surface area contributed by atoms with E-state index in [1.165, 1.54) is 5.39 Å². The Morgan fingerprint density at radius 1 is 0.680 bits per heavy atom. The summed E-state index contributed by atoms with van der Waals surface area (Å²) in [6.45, 7) is 2.09. The first-order chi connectivity index (χ1) is 12.3. The van der Waals surface area contributed by atoms with Crippen LogP contribution in [0.2, 0.25) is 0 Å². The van der Waals surface area contributed by atoms with Crippen LogP contribution in [-0.2, 0) is 0 Å². The number of benzene rings is 4. The molecule has 1 heterocycles. The molecule has 0 saturated carbocycles. The van der Waals surface area contributed by atoms with E-state index >= 15 is 0 Å². The first kappa shape index (κ1) is 14.1. The fourth-order valence-corrected chi connectivity index (χ4v) is 3.53. The number of furan rings is 1. The van der Waals surface area contributed by atoms with E-state index in [9.17, 15) is 0 Å². The summed E-state index contributed by atoms with van der Waals surface area (Å²) in [4.78, 5) is 0. The molecule has 0 unspecified atom stereocenters. The maximum Gasteiger partial charge on any atom is 0.159 e. The molecule has 2 heteroatoms. The third kappa shape index (κ3) is 2.18. The summed E-state index contributed by atoms with van der Waals surface area (Å²) in [6, 6.07) is 27.2. The van der Waals surface area contributed by atoms with Gasteiger partial charge in [0, 0.05) is 21.8 Å². The molecule has 120 valence electrons. The van der Waals surface area contributed by atoms with Gasteiger partial charge in [0.2, 0.25) is 0 Å². The van der Waals surface area contributed by atoms with Gasteiger partial charge in [-0.1, -0.05) is 60.7 Å². The van der Waals surface area contributed by atoms with Crippen LogP contribution in [0.3, 0.4) is 0 Å². The zero-order valence-corrected chi connectivity index (χ0v) is 13.9. The minimum Gasteiger partial charge on any atom is -0.454 e. The van der Waals surface area contributed by atoms with Gasteiger partial charge in [-0.2, -0.15) is 0 Å². The maximum atomic E-state index is 6.33. The Bertz CT molecular complexity index is 1220. The van der Waals surface area contributed by atoms with E-state index in [0.717, 1.165) is 44.3 Å². The lowest BCUT2D eigenvalue weighted by atomic mass is 10.0. The predicted octanol–water partition coefficient (Wildman–Crippen LogP) is 6.79. The monoisotopic (exact) mass is 323 g/mol. The molecule has 0 aliphatic heterocycles. The summed E-state index contributed by atoms with van der Waals surface area (Å²) < 4.78 is 6.33. The molecule has 25 heavy (non-hydrogen) atoms. The number of aryl methyl sites for hydroxylation is 1. The highest BCUT2D eigenvalue weighted by atomic mass is 16.3. The summed E-state index contributed by atoms with van der Waals surface area (Å²) in [6.07, 6.45) is 0. The molecule has 0 atom stereocenters. The number of fused-ring (bicyclic) bond motifs is 4. The highest BCUT2D eigenvalue weighted by molar-refractivity contribution is 6.18. The topological polar surface area (TPSA) is 25.2 Å². The summed E-state index contributed by atoms with van der Waals surface area (Å²) >= 11 is 0. The molecular weight excluding hydrogens is 306 g/mol. The Morgan fingerprint density at radius 3 is 2.32 bits per heavy atom. The molecule has 4 aromatic carbocycles. The Balaban J connectivity index is 1.91. The Kier molecular flexibility index (Phi) is 3.04. The number of rotatable bonds is 2. The van der Waals surface area contributed by atoms with Crippen molar-refractivity contribution < 1.29 is 4.42 Å². The second kappa shape index (κ2) is 5.38. The van der Waals surface area contributed by atoms with Gasteiger partial charge in [-0.25, -0.2) is 0 Å². The third-order valence-electron chi connectivity index (χ3n) is 4.75. The molecule has 0 aliphatic rings.